The molecule has 2 aromatic heterocycles. The van der Waals surface area contributed by atoms with E-state index in [0.29, 0.717) is 10.8 Å². The Kier molecular flexibility index (Phi) is 5.80. The average molecular weight is 474 g/mol. The minimum absolute atomic E-state index is 0.0302. The maximum absolute atomic E-state index is 13.3. The molecule has 12 heteroatoms. The van der Waals surface area contributed by atoms with Gasteiger partial charge in [0, 0.05) is 31.6 Å². The van der Waals surface area contributed by atoms with Crippen molar-refractivity contribution in [3.05, 3.63) is 58.2 Å². The molecule has 0 saturated carbocycles. The molecule has 2 N–H and O–H groups in total. The number of sulfonamides is 1. The van der Waals surface area contributed by atoms with E-state index in [1.807, 2.05) is 0 Å². The van der Waals surface area contributed by atoms with Crippen LogP contribution in [0, 0.1) is 0 Å². The lowest BCUT2D eigenvalue weighted by Crippen LogP contribution is -2.50. The molecule has 1 saturated heterocycles. The molecule has 11 nitrogen and oxygen atoms in total. The molecule has 33 heavy (non-hydrogen) atoms. The number of carbonyl (C=O) groups is 2. The van der Waals surface area contributed by atoms with Crippen molar-refractivity contribution in [3.8, 4) is 0 Å². The molecule has 174 valence electrons. The van der Waals surface area contributed by atoms with Crippen LogP contribution in [0.2, 0.25) is 0 Å². The third kappa shape index (κ3) is 4.02. The van der Waals surface area contributed by atoms with Crippen molar-refractivity contribution in [1.82, 2.24) is 19.0 Å². The summed E-state index contributed by atoms with van der Waals surface area (Å²) in [6.45, 7) is 3.92. The van der Waals surface area contributed by atoms with Gasteiger partial charge in [0.1, 0.15) is 0 Å². The van der Waals surface area contributed by atoms with Crippen molar-refractivity contribution in [2.75, 3.05) is 26.2 Å². The number of piperazine rings is 1. The fourth-order valence-corrected chi connectivity index (χ4v) is 5.05. The molecule has 0 bridgehead atoms. The molecule has 4 rings (SSSR count). The third-order valence-corrected chi connectivity index (χ3v) is 7.24. The number of furan rings is 1. The zero-order valence-electron chi connectivity index (χ0n) is 18.1. The molecule has 2 amide bonds. The number of benzene rings is 1. The molecule has 0 unspecified atom stereocenters. The van der Waals surface area contributed by atoms with E-state index < -0.39 is 15.9 Å². The monoisotopic (exact) mass is 473 g/mol. The molecule has 1 aliphatic heterocycles. The van der Waals surface area contributed by atoms with Gasteiger partial charge in [0.05, 0.1) is 11.4 Å². The third-order valence-electron chi connectivity index (χ3n) is 5.46. The Balaban J connectivity index is 1.58. The van der Waals surface area contributed by atoms with E-state index in [-0.39, 0.29) is 60.2 Å². The summed E-state index contributed by atoms with van der Waals surface area (Å²) in [5, 5.41) is 4.80. The van der Waals surface area contributed by atoms with Crippen LogP contribution in [0.3, 0.4) is 0 Å². The van der Waals surface area contributed by atoms with E-state index in [9.17, 15) is 22.8 Å². The Bertz CT molecular complexity index is 1400. The molecule has 3 heterocycles. The molecular formula is C21H23N5O6S. The number of amides is 2. The van der Waals surface area contributed by atoms with Crippen LogP contribution in [-0.2, 0) is 10.0 Å². The lowest BCUT2D eigenvalue weighted by atomic mass is 10.1. The van der Waals surface area contributed by atoms with E-state index >= 15 is 0 Å². The van der Waals surface area contributed by atoms with Crippen molar-refractivity contribution in [3.63, 3.8) is 0 Å². The lowest BCUT2D eigenvalue weighted by Gasteiger charge is -2.33. The standard InChI is InChI=1S/C21H23N5O6S/c1-13(2)26-20(28)15-6-4-3-5-14(15)18(23-26)21(29)24-9-11-25(12-10-24)33(30,31)17-8-7-16(32-17)19(22)27/h3-8,13H,9-12H2,1-2H3,(H2,22,27). The summed E-state index contributed by atoms with van der Waals surface area (Å²) < 4.78 is 33.2. The van der Waals surface area contributed by atoms with E-state index in [1.54, 1.807) is 38.1 Å². The van der Waals surface area contributed by atoms with Crippen molar-refractivity contribution < 1.29 is 22.4 Å². The van der Waals surface area contributed by atoms with Gasteiger partial charge in [-0.3, -0.25) is 14.4 Å². The highest BCUT2D eigenvalue weighted by atomic mass is 32.2. The van der Waals surface area contributed by atoms with E-state index in [2.05, 4.69) is 5.10 Å². The molecule has 3 aromatic rings. The minimum Gasteiger partial charge on any atom is -0.438 e. The fourth-order valence-electron chi connectivity index (χ4n) is 3.71. The average Bonchev–Trinajstić information content (AvgIpc) is 3.31. The smallest absolute Gasteiger partial charge is 0.284 e. The van der Waals surface area contributed by atoms with Gasteiger partial charge in [-0.15, -0.1) is 0 Å². The number of rotatable bonds is 5. The van der Waals surface area contributed by atoms with Gasteiger partial charge in [-0.25, -0.2) is 13.1 Å². The predicted octanol–water partition coefficient (Wildman–Crippen LogP) is 0.816. The van der Waals surface area contributed by atoms with Gasteiger partial charge < -0.3 is 15.1 Å². The van der Waals surface area contributed by atoms with E-state index in [4.69, 9.17) is 10.2 Å². The largest absolute Gasteiger partial charge is 0.438 e. The number of fused-ring (bicyclic) bond motifs is 1. The Morgan fingerprint density at radius 1 is 1.03 bits per heavy atom. The summed E-state index contributed by atoms with van der Waals surface area (Å²) in [5.41, 5.74) is 4.99. The van der Waals surface area contributed by atoms with Crippen LogP contribution in [0.25, 0.3) is 10.8 Å². The summed E-state index contributed by atoms with van der Waals surface area (Å²) in [5.74, 6) is -1.50. The van der Waals surface area contributed by atoms with Gasteiger partial charge in [-0.1, -0.05) is 18.2 Å². The molecule has 1 aromatic carbocycles. The predicted molar refractivity (Wildman–Crippen MR) is 118 cm³/mol. The first kappa shape index (κ1) is 22.7. The van der Waals surface area contributed by atoms with Crippen LogP contribution in [-0.4, -0.2) is 65.4 Å². The van der Waals surface area contributed by atoms with Gasteiger partial charge in [0.25, 0.3) is 27.4 Å². The molecule has 0 radical (unpaired) electrons. The number of primary amides is 1. The summed E-state index contributed by atoms with van der Waals surface area (Å²) >= 11 is 0. The number of hydrogen-bond donors (Lipinski definition) is 1. The summed E-state index contributed by atoms with van der Waals surface area (Å²) in [7, 11) is -3.99. The van der Waals surface area contributed by atoms with Crippen molar-refractivity contribution in [2.45, 2.75) is 25.0 Å². The fraction of sp³-hybridized carbons (Fsp3) is 0.333. The van der Waals surface area contributed by atoms with E-state index in [1.165, 1.54) is 26.0 Å². The number of nitrogens with two attached hydrogens (primary N) is 1. The highest BCUT2D eigenvalue weighted by Crippen LogP contribution is 2.22. The van der Waals surface area contributed by atoms with Gasteiger partial charge in [0.15, 0.2) is 11.5 Å². The normalized spacial score (nSPS) is 15.3. The highest BCUT2D eigenvalue weighted by molar-refractivity contribution is 7.89. The summed E-state index contributed by atoms with van der Waals surface area (Å²) in [4.78, 5) is 38.7. The Hall–Kier alpha value is -3.51. The van der Waals surface area contributed by atoms with Crippen LogP contribution < -0.4 is 11.3 Å². The zero-order chi connectivity index (χ0) is 23.9. The summed E-state index contributed by atoms with van der Waals surface area (Å²) in [6.07, 6.45) is 0. The van der Waals surface area contributed by atoms with Gasteiger partial charge >= 0.3 is 0 Å². The first-order chi connectivity index (χ1) is 15.6. The second-order valence-corrected chi connectivity index (χ2v) is 9.79. The van der Waals surface area contributed by atoms with Gasteiger partial charge in [0.2, 0.25) is 5.09 Å². The number of carbonyl (C=O) groups excluding carboxylic acids is 2. The van der Waals surface area contributed by atoms with E-state index in [0.717, 1.165) is 0 Å². The second kappa shape index (κ2) is 8.45. The second-order valence-electron chi connectivity index (χ2n) is 7.92. The molecule has 0 aliphatic carbocycles. The van der Waals surface area contributed by atoms with Gasteiger partial charge in [-0.05, 0) is 32.0 Å². The number of aromatic nitrogens is 2. The quantitative estimate of drug-likeness (QED) is 0.576. The highest BCUT2D eigenvalue weighted by Gasteiger charge is 2.34. The Labute approximate surface area is 189 Å². The lowest BCUT2D eigenvalue weighted by molar-refractivity contribution is 0.0690. The van der Waals surface area contributed by atoms with Crippen LogP contribution in [0.5, 0.6) is 0 Å². The van der Waals surface area contributed by atoms with Crippen LogP contribution in [0.15, 0.2) is 50.7 Å². The first-order valence-corrected chi connectivity index (χ1v) is 11.8. The minimum atomic E-state index is -3.99. The Morgan fingerprint density at radius 3 is 2.24 bits per heavy atom. The Morgan fingerprint density at radius 2 is 1.67 bits per heavy atom. The zero-order valence-corrected chi connectivity index (χ0v) is 18.9. The number of hydrogen-bond acceptors (Lipinski definition) is 7. The van der Waals surface area contributed by atoms with Crippen LogP contribution in [0.1, 0.15) is 40.9 Å². The molecule has 0 spiro atoms. The molecule has 0 atom stereocenters. The van der Waals surface area contributed by atoms with Gasteiger partial charge in [-0.2, -0.15) is 9.40 Å². The molecule has 1 aliphatic rings. The first-order valence-electron chi connectivity index (χ1n) is 10.3. The van der Waals surface area contributed by atoms with Crippen LogP contribution in [0.4, 0.5) is 0 Å². The van der Waals surface area contributed by atoms with Crippen molar-refractivity contribution in [2.24, 2.45) is 5.73 Å². The SMILES string of the molecule is CC(C)n1nc(C(=O)N2CCN(S(=O)(=O)c3ccc(C(N)=O)o3)CC2)c2ccccc2c1=O. The molecular weight excluding hydrogens is 450 g/mol. The maximum Gasteiger partial charge on any atom is 0.284 e. The maximum atomic E-state index is 13.3. The van der Waals surface area contributed by atoms with Crippen LogP contribution >= 0.6 is 0 Å². The topological polar surface area (TPSA) is 149 Å². The van der Waals surface area contributed by atoms with Crippen molar-refractivity contribution in [1.29, 1.82) is 0 Å². The number of nitrogens with zero attached hydrogens (tertiary/aromatic N) is 4. The van der Waals surface area contributed by atoms with Crippen molar-refractivity contribution >= 4 is 32.6 Å². The summed E-state index contributed by atoms with van der Waals surface area (Å²) in [6, 6.07) is 8.93. The molecule has 1 fully saturated rings.